The molecule has 0 fully saturated rings. The van der Waals surface area contributed by atoms with E-state index in [1.165, 1.54) is 53.4 Å². The van der Waals surface area contributed by atoms with Crippen LogP contribution in [0.15, 0.2) is 52.4 Å². The molecule has 3 aromatic rings. The van der Waals surface area contributed by atoms with E-state index in [0.717, 1.165) is 0 Å². The summed E-state index contributed by atoms with van der Waals surface area (Å²) in [5.41, 5.74) is 0.218. The van der Waals surface area contributed by atoms with Crippen molar-refractivity contribution in [2.45, 2.75) is 25.2 Å². The van der Waals surface area contributed by atoms with Crippen LogP contribution in [0.25, 0.3) is 11.3 Å². The summed E-state index contributed by atoms with van der Waals surface area (Å²) in [5.74, 6) is -0.979. The van der Waals surface area contributed by atoms with Gasteiger partial charge >= 0.3 is 17.2 Å². The van der Waals surface area contributed by atoms with Gasteiger partial charge in [-0.2, -0.15) is 0 Å². The van der Waals surface area contributed by atoms with Gasteiger partial charge in [-0.1, -0.05) is 23.9 Å². The average Bonchev–Trinajstić information content (AvgIpc) is 2.76. The molecule has 1 atom stereocenters. The number of benzene rings is 2. The lowest BCUT2D eigenvalue weighted by Crippen LogP contribution is -2.60. The first-order chi connectivity index (χ1) is 15.7. The molecule has 1 aromatic heterocycles. The normalized spacial score (nSPS) is 14.3. The Balaban J connectivity index is 2.11. The van der Waals surface area contributed by atoms with Crippen molar-refractivity contribution in [1.82, 2.24) is 10.1 Å². The molecule has 168 valence electrons. The van der Waals surface area contributed by atoms with Gasteiger partial charge in [-0.05, 0) is 35.2 Å². The van der Waals surface area contributed by atoms with Crippen molar-refractivity contribution < 1.29 is 23.9 Å². The monoisotopic (exact) mass is 468 g/mol. The Labute approximate surface area is 191 Å². The zero-order chi connectivity index (χ0) is 23.9. The van der Waals surface area contributed by atoms with Gasteiger partial charge < -0.3 is 4.74 Å². The molecule has 0 saturated carbocycles. The number of para-hydroxylation sites is 1. The van der Waals surface area contributed by atoms with Crippen LogP contribution in [0.4, 0.5) is 11.4 Å². The summed E-state index contributed by atoms with van der Waals surface area (Å²) in [6, 6.07) is 10.5. The Morgan fingerprint density at radius 1 is 1.24 bits per heavy atom. The lowest BCUT2D eigenvalue weighted by atomic mass is 10.0. The minimum atomic E-state index is -1.18. The standard InChI is InChI=1S/C21H17N5O6S/c1-11(27)24-16-7-5-4-6-14(16)18-19(29)22-21(33-3)23-25(18)20(24)15-10-13(32-12(2)28)8-9-17(15)26(30)31/h4-10,20H,1-3H3/p+1. The number of aromatic amines is 1. The molecule has 1 unspecified atom stereocenters. The first kappa shape index (κ1) is 22.1. The lowest BCUT2D eigenvalue weighted by Gasteiger charge is -2.31. The molecule has 1 aliphatic heterocycles. The molecule has 2 heterocycles. The van der Waals surface area contributed by atoms with Crippen LogP contribution in [0.2, 0.25) is 0 Å². The Hall–Kier alpha value is -4.06. The molecule has 33 heavy (non-hydrogen) atoms. The second-order valence-corrected chi connectivity index (χ2v) is 7.90. The predicted octanol–water partition coefficient (Wildman–Crippen LogP) is 2.19. The average molecular weight is 468 g/mol. The third kappa shape index (κ3) is 3.84. The number of fused-ring (bicyclic) bond motifs is 3. The Morgan fingerprint density at radius 2 is 1.97 bits per heavy atom. The highest BCUT2D eigenvalue weighted by atomic mass is 32.2. The molecular formula is C21H18N5O6S+. The molecule has 4 rings (SSSR count). The number of hydrogen-bond donors (Lipinski definition) is 1. The molecular weight excluding hydrogens is 450 g/mol. The predicted molar refractivity (Wildman–Crippen MR) is 118 cm³/mol. The highest BCUT2D eigenvalue weighted by Crippen LogP contribution is 2.40. The summed E-state index contributed by atoms with van der Waals surface area (Å²) >= 11 is 1.17. The minimum absolute atomic E-state index is 0.0276. The van der Waals surface area contributed by atoms with Gasteiger partial charge in [0.2, 0.25) is 11.1 Å². The minimum Gasteiger partial charge on any atom is -0.427 e. The SMILES string of the molecule is CSc1n[n+]2c(c(=O)[nH]1)-c1ccccc1N(C(C)=O)C2c1cc(OC(C)=O)ccc1[N+](=O)[O-]. The molecule has 0 spiro atoms. The number of nitro groups is 1. The van der Waals surface area contributed by atoms with E-state index in [0.29, 0.717) is 11.3 Å². The summed E-state index contributed by atoms with van der Waals surface area (Å²) in [6.07, 6.45) is 0.528. The van der Waals surface area contributed by atoms with Gasteiger partial charge in [-0.15, -0.1) is 0 Å². The Bertz CT molecular complexity index is 1370. The van der Waals surface area contributed by atoms with Crippen molar-refractivity contribution in [3.8, 4) is 17.0 Å². The van der Waals surface area contributed by atoms with Gasteiger partial charge in [0.15, 0.2) is 0 Å². The number of anilines is 1. The number of thioether (sulfide) groups is 1. The summed E-state index contributed by atoms with van der Waals surface area (Å²) in [4.78, 5) is 52.8. The molecule has 1 N–H and O–H groups in total. The number of H-pyrrole nitrogens is 1. The number of amides is 1. The van der Waals surface area contributed by atoms with Crippen LogP contribution in [-0.4, -0.2) is 33.1 Å². The summed E-state index contributed by atoms with van der Waals surface area (Å²) < 4.78 is 6.44. The summed E-state index contributed by atoms with van der Waals surface area (Å²) in [6.45, 7) is 2.52. The number of esters is 1. The topological polar surface area (TPSA) is 139 Å². The van der Waals surface area contributed by atoms with Crippen molar-refractivity contribution in [1.29, 1.82) is 0 Å². The number of nitrogens with one attached hydrogen (secondary N) is 1. The zero-order valence-corrected chi connectivity index (χ0v) is 18.6. The third-order valence-corrected chi connectivity index (χ3v) is 5.60. The largest absolute Gasteiger partial charge is 0.427 e. The van der Waals surface area contributed by atoms with Crippen LogP contribution in [0.5, 0.6) is 5.75 Å². The first-order valence-corrected chi connectivity index (χ1v) is 10.9. The second kappa shape index (κ2) is 8.47. The number of nitrogens with zero attached hydrogens (tertiary/aromatic N) is 4. The van der Waals surface area contributed by atoms with Crippen molar-refractivity contribution in [2.75, 3.05) is 11.2 Å². The number of ether oxygens (including phenoxy) is 1. The number of rotatable bonds is 4. The molecule has 12 heteroatoms. The van der Waals surface area contributed by atoms with E-state index in [1.54, 1.807) is 30.5 Å². The quantitative estimate of drug-likeness (QED) is 0.153. The molecule has 1 aliphatic rings. The number of hydrogen-bond acceptors (Lipinski definition) is 8. The summed E-state index contributed by atoms with van der Waals surface area (Å²) in [5, 5.41) is 16.6. The fourth-order valence-corrected chi connectivity index (χ4v) is 4.19. The molecule has 0 saturated heterocycles. The van der Waals surface area contributed by atoms with Gasteiger partial charge in [-0.3, -0.25) is 29.5 Å². The zero-order valence-electron chi connectivity index (χ0n) is 17.8. The van der Waals surface area contributed by atoms with Gasteiger partial charge in [0.05, 0.1) is 16.2 Å². The van der Waals surface area contributed by atoms with E-state index >= 15 is 0 Å². The number of carbonyl (C=O) groups excluding carboxylic acids is 2. The van der Waals surface area contributed by atoms with Crippen LogP contribution >= 0.6 is 11.8 Å². The van der Waals surface area contributed by atoms with Crippen molar-refractivity contribution in [3.05, 3.63) is 68.5 Å². The molecule has 0 bridgehead atoms. The van der Waals surface area contributed by atoms with E-state index in [9.17, 15) is 24.5 Å². The molecule has 1 amide bonds. The van der Waals surface area contributed by atoms with Crippen LogP contribution < -0.4 is 19.9 Å². The number of carbonyl (C=O) groups is 2. The van der Waals surface area contributed by atoms with E-state index in [4.69, 9.17) is 4.74 Å². The van der Waals surface area contributed by atoms with E-state index < -0.39 is 28.5 Å². The van der Waals surface area contributed by atoms with Crippen molar-refractivity contribution >= 4 is 35.0 Å². The highest BCUT2D eigenvalue weighted by Gasteiger charge is 2.47. The number of aromatic nitrogens is 3. The van der Waals surface area contributed by atoms with Gasteiger partial charge in [0.25, 0.3) is 11.9 Å². The lowest BCUT2D eigenvalue weighted by molar-refractivity contribution is -0.763. The van der Waals surface area contributed by atoms with Crippen LogP contribution in [0.1, 0.15) is 25.6 Å². The number of nitro benzene ring substituents is 1. The summed E-state index contributed by atoms with van der Waals surface area (Å²) in [7, 11) is 0. The molecule has 2 aromatic carbocycles. The van der Waals surface area contributed by atoms with E-state index in [1.807, 2.05) is 0 Å². The maximum absolute atomic E-state index is 13.1. The van der Waals surface area contributed by atoms with Crippen molar-refractivity contribution in [3.63, 3.8) is 0 Å². The first-order valence-electron chi connectivity index (χ1n) is 9.69. The Kier molecular flexibility index (Phi) is 5.68. The van der Waals surface area contributed by atoms with Crippen LogP contribution in [0, 0.1) is 10.1 Å². The van der Waals surface area contributed by atoms with Gasteiger partial charge in [-0.25, -0.2) is 4.90 Å². The maximum Gasteiger partial charge on any atom is 0.325 e. The Morgan fingerprint density at radius 3 is 2.61 bits per heavy atom. The van der Waals surface area contributed by atoms with E-state index in [2.05, 4.69) is 10.1 Å². The fourth-order valence-electron chi connectivity index (χ4n) is 3.82. The highest BCUT2D eigenvalue weighted by molar-refractivity contribution is 7.98. The van der Waals surface area contributed by atoms with E-state index in [-0.39, 0.29) is 27.9 Å². The van der Waals surface area contributed by atoms with Crippen LogP contribution in [0.3, 0.4) is 0 Å². The molecule has 11 nitrogen and oxygen atoms in total. The van der Waals surface area contributed by atoms with Gasteiger partial charge in [0.1, 0.15) is 11.3 Å². The van der Waals surface area contributed by atoms with Crippen molar-refractivity contribution in [2.24, 2.45) is 0 Å². The van der Waals surface area contributed by atoms with Crippen LogP contribution in [-0.2, 0) is 9.59 Å². The fraction of sp³-hybridized carbons (Fsp3) is 0.190. The smallest absolute Gasteiger partial charge is 0.325 e. The maximum atomic E-state index is 13.1. The second-order valence-electron chi connectivity index (χ2n) is 7.11. The van der Waals surface area contributed by atoms with Gasteiger partial charge in [0, 0.05) is 25.0 Å². The molecule has 0 aliphatic carbocycles. The molecule has 0 radical (unpaired) electrons. The third-order valence-electron chi connectivity index (χ3n) is 5.03.